The van der Waals surface area contributed by atoms with Crippen LogP contribution in [0.25, 0.3) is 22.6 Å². The van der Waals surface area contributed by atoms with Gasteiger partial charge in [0.15, 0.2) is 5.65 Å². The van der Waals surface area contributed by atoms with Gasteiger partial charge >= 0.3 is 0 Å². The maximum atomic E-state index is 4.64. The quantitative estimate of drug-likeness (QED) is 0.685. The second kappa shape index (κ2) is 4.26. The number of fused-ring (bicyclic) bond motifs is 1. The molecule has 0 aliphatic heterocycles. The van der Waals surface area contributed by atoms with Crippen LogP contribution in [0.5, 0.6) is 0 Å². The molecule has 3 heteroatoms. The SMILES string of the molecule is CCc1ccc(-c2nc3cccnc3n2C)cc1. The van der Waals surface area contributed by atoms with Gasteiger partial charge in [-0.3, -0.25) is 0 Å². The molecule has 0 unspecified atom stereocenters. The number of rotatable bonds is 2. The Morgan fingerprint density at radius 3 is 2.56 bits per heavy atom. The van der Waals surface area contributed by atoms with Crippen molar-refractivity contribution in [1.82, 2.24) is 14.5 Å². The molecule has 0 N–H and O–H groups in total. The van der Waals surface area contributed by atoms with Gasteiger partial charge in [-0.25, -0.2) is 9.97 Å². The Balaban J connectivity index is 2.15. The van der Waals surface area contributed by atoms with Gasteiger partial charge in [0.05, 0.1) is 0 Å². The molecule has 0 radical (unpaired) electrons. The highest BCUT2D eigenvalue weighted by Crippen LogP contribution is 2.22. The zero-order valence-electron chi connectivity index (χ0n) is 10.6. The van der Waals surface area contributed by atoms with Gasteiger partial charge in [-0.1, -0.05) is 31.2 Å². The summed E-state index contributed by atoms with van der Waals surface area (Å²) in [5.41, 5.74) is 4.34. The van der Waals surface area contributed by atoms with Crippen LogP contribution in [0.15, 0.2) is 42.6 Å². The van der Waals surface area contributed by atoms with Crippen molar-refractivity contribution in [1.29, 1.82) is 0 Å². The summed E-state index contributed by atoms with van der Waals surface area (Å²) >= 11 is 0. The van der Waals surface area contributed by atoms with Crippen LogP contribution in [0, 0.1) is 0 Å². The molecular weight excluding hydrogens is 222 g/mol. The summed E-state index contributed by atoms with van der Waals surface area (Å²) in [6, 6.07) is 12.5. The number of hydrogen-bond acceptors (Lipinski definition) is 2. The topological polar surface area (TPSA) is 30.7 Å². The van der Waals surface area contributed by atoms with Crippen LogP contribution in [0.3, 0.4) is 0 Å². The van der Waals surface area contributed by atoms with Gasteiger partial charge in [0.25, 0.3) is 0 Å². The van der Waals surface area contributed by atoms with E-state index in [2.05, 4.69) is 41.2 Å². The molecule has 2 aromatic heterocycles. The third kappa shape index (κ3) is 1.68. The first-order valence-electron chi connectivity index (χ1n) is 6.16. The third-order valence-corrected chi connectivity index (χ3v) is 3.25. The number of benzene rings is 1. The van der Waals surface area contributed by atoms with E-state index in [1.54, 1.807) is 6.20 Å². The number of hydrogen-bond donors (Lipinski definition) is 0. The highest BCUT2D eigenvalue weighted by molar-refractivity contribution is 5.76. The normalized spacial score (nSPS) is 11.0. The van der Waals surface area contributed by atoms with E-state index in [1.807, 2.05) is 23.7 Å². The second-order valence-electron chi connectivity index (χ2n) is 4.39. The zero-order valence-corrected chi connectivity index (χ0v) is 10.6. The Kier molecular flexibility index (Phi) is 2.59. The highest BCUT2D eigenvalue weighted by Gasteiger charge is 2.09. The van der Waals surface area contributed by atoms with E-state index in [0.29, 0.717) is 0 Å². The summed E-state index contributed by atoms with van der Waals surface area (Å²) in [5.74, 6) is 0.964. The molecule has 3 nitrogen and oxygen atoms in total. The molecule has 3 rings (SSSR count). The van der Waals surface area contributed by atoms with Gasteiger partial charge in [0, 0.05) is 18.8 Å². The average molecular weight is 237 g/mol. The Bertz CT molecular complexity index is 681. The first-order valence-corrected chi connectivity index (χ1v) is 6.16. The van der Waals surface area contributed by atoms with Crippen LogP contribution in [-0.2, 0) is 13.5 Å². The van der Waals surface area contributed by atoms with Crippen molar-refractivity contribution in [2.45, 2.75) is 13.3 Å². The Morgan fingerprint density at radius 1 is 1.11 bits per heavy atom. The van der Waals surface area contributed by atoms with Crippen molar-refractivity contribution >= 4 is 11.2 Å². The van der Waals surface area contributed by atoms with Crippen molar-refractivity contribution < 1.29 is 0 Å². The number of nitrogens with zero attached hydrogens (tertiary/aromatic N) is 3. The maximum absolute atomic E-state index is 4.64. The van der Waals surface area contributed by atoms with Gasteiger partial charge in [0.1, 0.15) is 11.3 Å². The summed E-state index contributed by atoms with van der Waals surface area (Å²) in [6.07, 6.45) is 2.86. The predicted molar refractivity (Wildman–Crippen MR) is 73.3 cm³/mol. The lowest BCUT2D eigenvalue weighted by molar-refractivity contribution is 0.941. The van der Waals surface area contributed by atoms with Crippen LogP contribution >= 0.6 is 0 Å². The minimum atomic E-state index is 0.923. The molecular formula is C15H15N3. The number of aryl methyl sites for hydroxylation is 2. The molecule has 0 bridgehead atoms. The van der Waals surface area contributed by atoms with E-state index in [-0.39, 0.29) is 0 Å². The number of pyridine rings is 1. The molecule has 2 heterocycles. The maximum Gasteiger partial charge on any atom is 0.159 e. The molecule has 0 saturated heterocycles. The van der Waals surface area contributed by atoms with Crippen LogP contribution in [0.1, 0.15) is 12.5 Å². The van der Waals surface area contributed by atoms with E-state index < -0.39 is 0 Å². The molecule has 0 fully saturated rings. The van der Waals surface area contributed by atoms with Gasteiger partial charge in [-0.15, -0.1) is 0 Å². The van der Waals surface area contributed by atoms with E-state index in [0.717, 1.165) is 29.0 Å². The molecule has 18 heavy (non-hydrogen) atoms. The van der Waals surface area contributed by atoms with Crippen LogP contribution < -0.4 is 0 Å². The van der Waals surface area contributed by atoms with Crippen molar-refractivity contribution in [3.8, 4) is 11.4 Å². The van der Waals surface area contributed by atoms with E-state index in [1.165, 1.54) is 5.56 Å². The molecule has 90 valence electrons. The largest absolute Gasteiger partial charge is 0.312 e. The second-order valence-corrected chi connectivity index (χ2v) is 4.39. The summed E-state index contributed by atoms with van der Waals surface area (Å²) in [4.78, 5) is 9.00. The molecule has 0 aliphatic carbocycles. The minimum Gasteiger partial charge on any atom is -0.312 e. The summed E-state index contributed by atoms with van der Waals surface area (Å²) in [6.45, 7) is 2.16. The van der Waals surface area contributed by atoms with Crippen molar-refractivity contribution in [2.75, 3.05) is 0 Å². The van der Waals surface area contributed by atoms with Gasteiger partial charge in [-0.2, -0.15) is 0 Å². The molecule has 3 aromatic rings. The molecule has 0 amide bonds. The van der Waals surface area contributed by atoms with E-state index in [4.69, 9.17) is 0 Å². The Labute approximate surface area is 106 Å². The lowest BCUT2D eigenvalue weighted by Gasteiger charge is -2.03. The summed E-state index contributed by atoms with van der Waals surface area (Å²) in [7, 11) is 2.01. The molecule has 0 aliphatic rings. The molecule has 0 saturated carbocycles. The fourth-order valence-corrected chi connectivity index (χ4v) is 2.17. The molecule has 0 atom stereocenters. The van der Waals surface area contributed by atoms with Gasteiger partial charge in [-0.05, 0) is 24.1 Å². The Hall–Kier alpha value is -2.16. The fourth-order valence-electron chi connectivity index (χ4n) is 2.17. The summed E-state index contributed by atoms with van der Waals surface area (Å²) in [5, 5.41) is 0. The monoisotopic (exact) mass is 237 g/mol. The molecule has 0 spiro atoms. The van der Waals surface area contributed by atoms with E-state index >= 15 is 0 Å². The first kappa shape index (κ1) is 11.0. The minimum absolute atomic E-state index is 0.923. The van der Waals surface area contributed by atoms with Crippen LogP contribution in [0.2, 0.25) is 0 Å². The first-order chi connectivity index (χ1) is 8.79. The lowest BCUT2D eigenvalue weighted by atomic mass is 10.1. The fraction of sp³-hybridized carbons (Fsp3) is 0.200. The standard InChI is InChI=1S/C15H15N3/c1-3-11-6-8-12(9-7-11)14-17-13-5-4-10-16-15(13)18(14)2/h4-10H,3H2,1-2H3. The smallest absolute Gasteiger partial charge is 0.159 e. The Morgan fingerprint density at radius 2 is 1.89 bits per heavy atom. The van der Waals surface area contributed by atoms with Crippen LogP contribution in [-0.4, -0.2) is 14.5 Å². The van der Waals surface area contributed by atoms with Crippen molar-refractivity contribution in [3.63, 3.8) is 0 Å². The lowest BCUT2D eigenvalue weighted by Crippen LogP contribution is -1.93. The number of imidazole rings is 1. The van der Waals surface area contributed by atoms with Gasteiger partial charge < -0.3 is 4.57 Å². The van der Waals surface area contributed by atoms with Crippen LogP contribution in [0.4, 0.5) is 0 Å². The van der Waals surface area contributed by atoms with Gasteiger partial charge in [0.2, 0.25) is 0 Å². The molecule has 1 aromatic carbocycles. The van der Waals surface area contributed by atoms with Crippen molar-refractivity contribution in [2.24, 2.45) is 7.05 Å². The van der Waals surface area contributed by atoms with Crippen molar-refractivity contribution in [3.05, 3.63) is 48.2 Å². The third-order valence-electron chi connectivity index (χ3n) is 3.25. The average Bonchev–Trinajstić information content (AvgIpc) is 2.77. The number of aromatic nitrogens is 3. The van der Waals surface area contributed by atoms with E-state index in [9.17, 15) is 0 Å². The highest BCUT2D eigenvalue weighted by atomic mass is 15.1. The summed E-state index contributed by atoms with van der Waals surface area (Å²) < 4.78 is 2.04. The predicted octanol–water partition coefficient (Wildman–Crippen LogP) is 3.20. The zero-order chi connectivity index (χ0) is 12.5.